The lowest BCUT2D eigenvalue weighted by molar-refractivity contribution is 0.659. The Balaban J connectivity index is 1.16. The predicted molar refractivity (Wildman–Crippen MR) is 211 cm³/mol. The van der Waals surface area contributed by atoms with Gasteiger partial charge in [0, 0.05) is 21.9 Å². The van der Waals surface area contributed by atoms with Crippen molar-refractivity contribution in [2.24, 2.45) is 0 Å². The van der Waals surface area contributed by atoms with Crippen LogP contribution in [-0.4, -0.2) is 12.6 Å². The maximum absolute atomic E-state index is 2.55. The van der Waals surface area contributed by atoms with Crippen LogP contribution in [0.3, 0.4) is 0 Å². The Kier molecular flexibility index (Phi) is 6.89. The zero-order valence-electron chi connectivity index (χ0n) is 27.8. The van der Waals surface area contributed by atoms with Crippen LogP contribution in [0.5, 0.6) is 0 Å². The monoisotopic (exact) mass is 643 g/mol. The van der Waals surface area contributed by atoms with Crippen molar-refractivity contribution in [2.75, 3.05) is 0 Å². The van der Waals surface area contributed by atoms with Crippen LogP contribution in [0.15, 0.2) is 182 Å². The number of para-hydroxylation sites is 2. The molecule has 49 heavy (non-hydrogen) atoms. The Labute approximate surface area is 289 Å². The second-order valence-electron chi connectivity index (χ2n) is 13.8. The summed E-state index contributed by atoms with van der Waals surface area (Å²) in [4.78, 5) is 0. The summed E-state index contributed by atoms with van der Waals surface area (Å²) in [6.45, 7) is 4.77. The van der Waals surface area contributed by atoms with E-state index in [0.717, 1.165) is 0 Å². The van der Waals surface area contributed by atoms with E-state index in [0.29, 0.717) is 0 Å². The molecular weight excluding hydrogens is 607 g/mol. The van der Waals surface area contributed by atoms with Crippen molar-refractivity contribution in [3.8, 4) is 16.8 Å². The number of benzene rings is 7. The number of hydrogen-bond acceptors (Lipinski definition) is 0. The van der Waals surface area contributed by atoms with Crippen LogP contribution in [0.2, 0.25) is 0 Å². The minimum absolute atomic E-state index is 0.143. The molecule has 234 valence electrons. The molecule has 8 aromatic rings. The van der Waals surface area contributed by atoms with Gasteiger partial charge < -0.3 is 4.57 Å². The van der Waals surface area contributed by atoms with Crippen molar-refractivity contribution in [3.63, 3.8) is 0 Å². The lowest BCUT2D eigenvalue weighted by Gasteiger charge is -2.31. The van der Waals surface area contributed by atoms with E-state index in [2.05, 4.69) is 206 Å². The van der Waals surface area contributed by atoms with E-state index in [1.165, 1.54) is 70.9 Å². The van der Waals surface area contributed by atoms with E-state index in [1.54, 1.807) is 0 Å². The summed E-state index contributed by atoms with van der Waals surface area (Å²) in [5, 5.41) is 6.73. The number of nitrogens with zero attached hydrogens (tertiary/aromatic N) is 1. The lowest BCUT2D eigenvalue weighted by atomic mass is 9.82. The molecule has 7 aromatic carbocycles. The molecule has 0 N–H and O–H groups in total. The second kappa shape index (κ2) is 11.5. The number of hydrogen-bond donors (Lipinski definition) is 0. The first-order chi connectivity index (χ1) is 24.1. The summed E-state index contributed by atoms with van der Waals surface area (Å²) in [7, 11) is -2.50. The largest absolute Gasteiger partial charge is 0.309 e. The van der Waals surface area contributed by atoms with E-state index in [-0.39, 0.29) is 5.41 Å². The van der Waals surface area contributed by atoms with Crippen LogP contribution in [0.1, 0.15) is 30.5 Å². The molecule has 2 heteroatoms. The van der Waals surface area contributed by atoms with Crippen molar-refractivity contribution in [1.82, 2.24) is 4.57 Å². The number of fused-ring (bicyclic) bond motifs is 6. The first-order valence-electron chi connectivity index (χ1n) is 17.2. The molecule has 0 saturated carbocycles. The predicted octanol–water partition coefficient (Wildman–Crippen LogP) is 9.81. The van der Waals surface area contributed by atoms with E-state index < -0.39 is 8.07 Å². The highest BCUT2D eigenvalue weighted by Gasteiger charge is 2.38. The van der Waals surface area contributed by atoms with Gasteiger partial charge in [-0.1, -0.05) is 177 Å². The zero-order valence-corrected chi connectivity index (χ0v) is 28.8. The van der Waals surface area contributed by atoms with Crippen LogP contribution >= 0.6 is 0 Å². The highest BCUT2D eigenvalue weighted by Crippen LogP contribution is 2.50. The van der Waals surface area contributed by atoms with E-state index in [1.807, 2.05) is 0 Å². The summed E-state index contributed by atoms with van der Waals surface area (Å²) in [6.07, 6.45) is 2.39. The summed E-state index contributed by atoms with van der Waals surface area (Å²) in [6, 6.07) is 65.0. The van der Waals surface area contributed by atoms with Crippen LogP contribution in [0, 0.1) is 0 Å². The molecule has 1 aromatic heterocycles. The first-order valence-corrected chi connectivity index (χ1v) is 19.3. The molecule has 1 heterocycles. The number of aromatic nitrogens is 1. The Hall–Kier alpha value is -5.70. The third kappa shape index (κ3) is 4.59. The average molecular weight is 644 g/mol. The van der Waals surface area contributed by atoms with Gasteiger partial charge in [-0.15, -0.1) is 0 Å². The standard InChI is InChI=1S/C47H37NSi/c1-47(2)43-32-34(30-31-49(36-16-6-3-7-17-36,37-18-8-4-9-19-37)38-20-10-5-11-21-38)26-28-39(43)40-29-27-35(33-44(40)47)48-45-24-14-12-22-41(45)42-23-13-15-25-46(42)48/h3-33H,1-2H3. The van der Waals surface area contributed by atoms with Crippen molar-refractivity contribution in [1.29, 1.82) is 0 Å². The minimum atomic E-state index is -2.50. The smallest absolute Gasteiger partial charge is 0.172 e. The molecule has 1 nitrogen and oxygen atoms in total. The van der Waals surface area contributed by atoms with Crippen LogP contribution < -0.4 is 15.6 Å². The summed E-state index contributed by atoms with van der Waals surface area (Å²) >= 11 is 0. The molecule has 0 fully saturated rings. The van der Waals surface area contributed by atoms with Gasteiger partial charge in [0.15, 0.2) is 8.07 Å². The summed E-state index contributed by atoms with van der Waals surface area (Å²) in [5.41, 5.74) is 12.8. The maximum Gasteiger partial charge on any atom is 0.172 e. The van der Waals surface area contributed by atoms with Crippen LogP contribution in [0.4, 0.5) is 0 Å². The maximum atomic E-state index is 2.55. The van der Waals surface area contributed by atoms with Gasteiger partial charge in [-0.3, -0.25) is 0 Å². The highest BCUT2D eigenvalue weighted by atomic mass is 28.3. The fourth-order valence-electron chi connectivity index (χ4n) is 8.30. The fourth-order valence-corrected chi connectivity index (χ4v) is 12.5. The van der Waals surface area contributed by atoms with Gasteiger partial charge in [0.2, 0.25) is 0 Å². The molecule has 0 spiro atoms. The van der Waals surface area contributed by atoms with Crippen molar-refractivity contribution >= 4 is 51.5 Å². The molecule has 0 aliphatic heterocycles. The van der Waals surface area contributed by atoms with Gasteiger partial charge in [0.25, 0.3) is 0 Å². The van der Waals surface area contributed by atoms with E-state index >= 15 is 0 Å². The Morgan fingerprint density at radius 2 is 0.918 bits per heavy atom. The summed E-state index contributed by atoms with van der Waals surface area (Å²) in [5.74, 6) is 0. The molecule has 0 amide bonds. The molecule has 9 rings (SSSR count). The van der Waals surface area contributed by atoms with Gasteiger partial charge in [-0.2, -0.15) is 0 Å². The highest BCUT2D eigenvalue weighted by molar-refractivity contribution is 7.15. The molecular formula is C47H37NSi. The van der Waals surface area contributed by atoms with Gasteiger partial charge >= 0.3 is 0 Å². The van der Waals surface area contributed by atoms with Gasteiger partial charge in [0.05, 0.1) is 11.0 Å². The van der Waals surface area contributed by atoms with E-state index in [4.69, 9.17) is 0 Å². The number of rotatable bonds is 6. The molecule has 0 atom stereocenters. The van der Waals surface area contributed by atoms with Gasteiger partial charge in [-0.25, -0.2) is 0 Å². The van der Waals surface area contributed by atoms with Crippen LogP contribution in [0.25, 0.3) is 44.7 Å². The zero-order chi connectivity index (χ0) is 33.0. The third-order valence-corrected chi connectivity index (χ3v) is 15.1. The average Bonchev–Trinajstić information content (AvgIpc) is 3.61. The Morgan fingerprint density at radius 1 is 0.469 bits per heavy atom. The molecule has 0 unspecified atom stereocenters. The van der Waals surface area contributed by atoms with Gasteiger partial charge in [0.1, 0.15) is 0 Å². The minimum Gasteiger partial charge on any atom is -0.309 e. The Bertz CT molecular complexity index is 2360. The van der Waals surface area contributed by atoms with Crippen LogP contribution in [-0.2, 0) is 5.41 Å². The lowest BCUT2D eigenvalue weighted by Crippen LogP contribution is -2.66. The van der Waals surface area contributed by atoms with Crippen molar-refractivity contribution in [3.05, 3.63) is 198 Å². The third-order valence-electron chi connectivity index (χ3n) is 10.7. The summed E-state index contributed by atoms with van der Waals surface area (Å²) < 4.78 is 2.43. The molecule has 0 saturated heterocycles. The molecule has 0 radical (unpaired) electrons. The van der Waals surface area contributed by atoms with Gasteiger partial charge in [-0.05, 0) is 67.6 Å². The van der Waals surface area contributed by atoms with Crippen molar-refractivity contribution < 1.29 is 0 Å². The molecule has 1 aliphatic carbocycles. The van der Waals surface area contributed by atoms with Crippen molar-refractivity contribution in [2.45, 2.75) is 19.3 Å². The second-order valence-corrected chi connectivity index (χ2v) is 17.5. The fraction of sp³-hybridized carbons (Fsp3) is 0.0638. The Morgan fingerprint density at radius 3 is 1.45 bits per heavy atom. The van der Waals surface area contributed by atoms with E-state index in [9.17, 15) is 0 Å². The first kappa shape index (κ1) is 29.4. The normalized spacial score (nSPS) is 13.6. The molecule has 1 aliphatic rings. The molecule has 0 bridgehead atoms. The SMILES string of the molecule is CC1(C)c2cc(C=C[Si](c3ccccc3)(c3ccccc3)c3ccccc3)ccc2-c2ccc(-n3c4ccccc4c4ccccc43)cc21. The quantitative estimate of drug-likeness (QED) is 0.126. The topological polar surface area (TPSA) is 4.93 Å².